The van der Waals surface area contributed by atoms with E-state index in [4.69, 9.17) is 11.6 Å². The number of rotatable bonds is 4. The number of aryl methyl sites for hydroxylation is 1. The largest absolute Gasteiger partial charge is 0.382 e. The number of halogens is 2. The van der Waals surface area contributed by atoms with Crippen molar-refractivity contribution in [2.45, 2.75) is 23.2 Å². The SMILES string of the molecule is Cc1ccc(C2Sc3ccc(Cl)cc3N(CCN(C)C)C(=O)C2O)cc1.Cl. The van der Waals surface area contributed by atoms with Crippen LogP contribution in [0.3, 0.4) is 0 Å². The molecule has 0 spiro atoms. The summed E-state index contributed by atoms with van der Waals surface area (Å²) in [5.41, 5.74) is 2.85. The molecule has 27 heavy (non-hydrogen) atoms. The number of carbonyl (C=O) groups is 1. The van der Waals surface area contributed by atoms with Gasteiger partial charge in [-0.2, -0.15) is 0 Å². The predicted octanol–water partition coefficient (Wildman–Crippen LogP) is 4.17. The van der Waals surface area contributed by atoms with Crippen LogP contribution in [0.5, 0.6) is 0 Å². The fourth-order valence-corrected chi connectivity index (χ4v) is 4.36. The van der Waals surface area contributed by atoms with E-state index in [0.717, 1.165) is 21.7 Å². The van der Waals surface area contributed by atoms with Crippen LogP contribution in [-0.2, 0) is 4.79 Å². The standard InChI is InChI=1S/C20H23ClN2O2S.ClH/c1-13-4-6-14(7-5-13)19-18(24)20(25)23(11-10-22(2)3)16-12-15(21)8-9-17(16)26-19;/h4-9,12,18-19,24H,10-11H2,1-3H3;1H. The highest BCUT2D eigenvalue weighted by atomic mass is 35.5. The Bertz CT molecular complexity index is 799. The molecular formula is C20H24Cl2N2O2S. The first-order chi connectivity index (χ1) is 12.4. The summed E-state index contributed by atoms with van der Waals surface area (Å²) < 4.78 is 0. The second kappa shape index (κ2) is 9.30. The van der Waals surface area contributed by atoms with Crippen LogP contribution >= 0.6 is 35.8 Å². The molecule has 0 aliphatic carbocycles. The van der Waals surface area contributed by atoms with Gasteiger partial charge in [0.2, 0.25) is 0 Å². The van der Waals surface area contributed by atoms with E-state index in [1.54, 1.807) is 4.90 Å². The normalized spacial score (nSPS) is 19.5. The highest BCUT2D eigenvalue weighted by molar-refractivity contribution is 7.99. The number of nitrogens with zero attached hydrogens (tertiary/aromatic N) is 2. The zero-order valence-corrected chi connectivity index (χ0v) is 17.9. The number of hydrogen-bond donors (Lipinski definition) is 1. The minimum atomic E-state index is -1.11. The maximum absolute atomic E-state index is 13.1. The molecule has 0 fully saturated rings. The monoisotopic (exact) mass is 426 g/mol. The summed E-state index contributed by atoms with van der Waals surface area (Å²) in [4.78, 5) is 17.7. The van der Waals surface area contributed by atoms with E-state index in [-0.39, 0.29) is 23.6 Å². The van der Waals surface area contributed by atoms with Gasteiger partial charge in [0.25, 0.3) is 5.91 Å². The molecule has 0 bridgehead atoms. The van der Waals surface area contributed by atoms with E-state index in [0.29, 0.717) is 18.1 Å². The number of amides is 1. The fourth-order valence-electron chi connectivity index (χ4n) is 2.95. The Labute approximate surface area is 175 Å². The van der Waals surface area contributed by atoms with E-state index in [2.05, 4.69) is 0 Å². The molecule has 1 aliphatic heterocycles. The van der Waals surface area contributed by atoms with Crippen LogP contribution < -0.4 is 4.90 Å². The van der Waals surface area contributed by atoms with Crippen molar-refractivity contribution in [3.05, 3.63) is 58.6 Å². The van der Waals surface area contributed by atoms with Crippen LogP contribution in [0.2, 0.25) is 5.02 Å². The van der Waals surface area contributed by atoms with E-state index < -0.39 is 6.10 Å². The zero-order valence-electron chi connectivity index (χ0n) is 15.6. The van der Waals surface area contributed by atoms with Crippen LogP contribution in [0, 0.1) is 6.92 Å². The molecule has 0 radical (unpaired) electrons. The molecule has 0 saturated heterocycles. The maximum Gasteiger partial charge on any atom is 0.257 e. The maximum atomic E-state index is 13.1. The molecule has 0 aromatic heterocycles. The highest BCUT2D eigenvalue weighted by Gasteiger charge is 2.37. The van der Waals surface area contributed by atoms with Crippen molar-refractivity contribution in [2.75, 3.05) is 32.1 Å². The Morgan fingerprint density at radius 3 is 2.48 bits per heavy atom. The number of aliphatic hydroxyl groups excluding tert-OH is 1. The van der Waals surface area contributed by atoms with Crippen LogP contribution in [0.4, 0.5) is 5.69 Å². The Hall–Kier alpha value is -1.24. The lowest BCUT2D eigenvalue weighted by Crippen LogP contribution is -2.43. The molecule has 2 unspecified atom stereocenters. The number of thioether (sulfide) groups is 1. The van der Waals surface area contributed by atoms with E-state index in [9.17, 15) is 9.90 Å². The Balaban J connectivity index is 0.00000261. The molecule has 1 amide bonds. The van der Waals surface area contributed by atoms with Crippen LogP contribution in [0.15, 0.2) is 47.4 Å². The first-order valence-electron chi connectivity index (χ1n) is 8.54. The van der Waals surface area contributed by atoms with Gasteiger partial charge in [-0.05, 0) is 44.8 Å². The number of benzene rings is 2. The summed E-state index contributed by atoms with van der Waals surface area (Å²) in [6, 6.07) is 13.5. The smallest absolute Gasteiger partial charge is 0.257 e. The number of hydrogen-bond acceptors (Lipinski definition) is 4. The average molecular weight is 427 g/mol. The average Bonchev–Trinajstić information content (AvgIpc) is 2.70. The number of anilines is 1. The lowest BCUT2D eigenvalue weighted by Gasteiger charge is -2.26. The molecule has 1 heterocycles. The molecule has 2 aromatic rings. The molecule has 4 nitrogen and oxygen atoms in total. The lowest BCUT2D eigenvalue weighted by atomic mass is 10.0. The lowest BCUT2D eigenvalue weighted by molar-refractivity contribution is -0.126. The summed E-state index contributed by atoms with van der Waals surface area (Å²) in [5, 5.41) is 11.1. The Morgan fingerprint density at radius 2 is 1.85 bits per heavy atom. The van der Waals surface area contributed by atoms with Crippen molar-refractivity contribution in [2.24, 2.45) is 0 Å². The molecule has 2 atom stereocenters. The van der Waals surface area contributed by atoms with Gasteiger partial charge in [-0.25, -0.2) is 0 Å². The third kappa shape index (κ3) is 4.98. The Kier molecular flexibility index (Phi) is 7.60. The molecule has 2 aromatic carbocycles. The van der Waals surface area contributed by atoms with Gasteiger partial charge in [0.05, 0.1) is 10.9 Å². The summed E-state index contributed by atoms with van der Waals surface area (Å²) in [6.07, 6.45) is -1.11. The van der Waals surface area contributed by atoms with Gasteiger partial charge in [0.1, 0.15) is 6.10 Å². The summed E-state index contributed by atoms with van der Waals surface area (Å²) in [5.74, 6) is -0.286. The van der Waals surface area contributed by atoms with Crippen molar-refractivity contribution in [1.82, 2.24) is 4.90 Å². The fraction of sp³-hybridized carbons (Fsp3) is 0.350. The van der Waals surface area contributed by atoms with Crippen molar-refractivity contribution in [3.8, 4) is 0 Å². The zero-order chi connectivity index (χ0) is 18.8. The van der Waals surface area contributed by atoms with Crippen LogP contribution in [0.25, 0.3) is 0 Å². The van der Waals surface area contributed by atoms with Gasteiger partial charge in [-0.15, -0.1) is 24.2 Å². The van der Waals surface area contributed by atoms with Gasteiger partial charge in [-0.1, -0.05) is 41.4 Å². The molecule has 1 N–H and O–H groups in total. The first-order valence-corrected chi connectivity index (χ1v) is 9.79. The minimum absolute atomic E-state index is 0. The quantitative estimate of drug-likeness (QED) is 0.796. The van der Waals surface area contributed by atoms with Gasteiger partial charge >= 0.3 is 0 Å². The molecule has 7 heteroatoms. The topological polar surface area (TPSA) is 43.8 Å². The van der Waals surface area contributed by atoms with E-state index in [1.165, 1.54) is 11.8 Å². The Morgan fingerprint density at radius 1 is 1.19 bits per heavy atom. The summed E-state index contributed by atoms with van der Waals surface area (Å²) in [6.45, 7) is 3.22. The van der Waals surface area contributed by atoms with Gasteiger partial charge in [0, 0.05) is 23.0 Å². The van der Waals surface area contributed by atoms with Gasteiger partial charge in [0.15, 0.2) is 0 Å². The molecule has 1 aliphatic rings. The number of aliphatic hydroxyl groups is 1. The number of carbonyl (C=O) groups excluding carboxylic acids is 1. The van der Waals surface area contributed by atoms with Crippen molar-refractivity contribution in [1.29, 1.82) is 0 Å². The summed E-state index contributed by atoms with van der Waals surface area (Å²) in [7, 11) is 3.92. The predicted molar refractivity (Wildman–Crippen MR) is 115 cm³/mol. The third-order valence-corrected chi connectivity index (χ3v) is 6.07. The van der Waals surface area contributed by atoms with Crippen molar-refractivity contribution in [3.63, 3.8) is 0 Å². The highest BCUT2D eigenvalue weighted by Crippen LogP contribution is 2.46. The third-order valence-electron chi connectivity index (χ3n) is 4.45. The number of likely N-dealkylation sites (N-methyl/N-ethyl adjacent to an activating group) is 1. The second-order valence-corrected chi connectivity index (χ2v) is 8.42. The van der Waals surface area contributed by atoms with Gasteiger partial charge in [-0.3, -0.25) is 4.79 Å². The molecule has 3 rings (SSSR count). The van der Waals surface area contributed by atoms with Crippen molar-refractivity contribution >= 4 is 47.4 Å². The number of fused-ring (bicyclic) bond motifs is 1. The van der Waals surface area contributed by atoms with Gasteiger partial charge < -0.3 is 14.9 Å². The minimum Gasteiger partial charge on any atom is -0.382 e. The van der Waals surface area contributed by atoms with Crippen LogP contribution in [-0.4, -0.2) is 49.2 Å². The first kappa shape index (κ1) is 22.1. The van der Waals surface area contributed by atoms with E-state index >= 15 is 0 Å². The van der Waals surface area contributed by atoms with Crippen molar-refractivity contribution < 1.29 is 9.90 Å². The molecular weight excluding hydrogens is 403 g/mol. The second-order valence-electron chi connectivity index (χ2n) is 6.80. The summed E-state index contributed by atoms with van der Waals surface area (Å²) >= 11 is 7.70. The molecule has 0 saturated carbocycles. The van der Waals surface area contributed by atoms with E-state index in [1.807, 2.05) is 68.4 Å². The van der Waals surface area contributed by atoms with Crippen LogP contribution in [0.1, 0.15) is 16.4 Å². The molecule has 146 valence electrons.